The highest BCUT2D eigenvalue weighted by Gasteiger charge is 2.32. The summed E-state index contributed by atoms with van der Waals surface area (Å²) in [5.74, 6) is 0.835. The lowest BCUT2D eigenvalue weighted by Crippen LogP contribution is -2.50. The summed E-state index contributed by atoms with van der Waals surface area (Å²) in [6.07, 6.45) is 14.3. The van der Waals surface area contributed by atoms with Crippen LogP contribution in [0.2, 0.25) is 5.02 Å². The SMILES string of the molecule is CC(C)(O)c1ccc2c(c1)/C(=C/CCN1CC[C@H](N(Cc3ccc(Cl)cc3)C(=O)NC3CCCCC3)C1)C1=C(CO2)NCC=C1. The molecule has 1 aliphatic carbocycles. The Morgan fingerprint density at radius 3 is 2.73 bits per heavy atom. The second-order valence-electron chi connectivity index (χ2n) is 13.4. The van der Waals surface area contributed by atoms with Crippen molar-refractivity contribution < 1.29 is 14.6 Å². The van der Waals surface area contributed by atoms with Gasteiger partial charge in [0.05, 0.1) is 11.3 Å². The average Bonchev–Trinajstić information content (AvgIpc) is 3.44. The standard InChI is InChI=1S/C37H47ClN4O3/c1-37(2,44)27-14-17-35-33(22-27)31(32-10-6-19-39-34(32)25-45-35)11-7-20-41-21-18-30(24-41)42(23-26-12-15-28(38)16-13-26)36(43)40-29-8-4-3-5-9-29/h6,10-17,22,29-30,39,44H,3-5,7-9,18-21,23-25H2,1-2H3,(H,40,43)/b31-11+/t30-/m0/s1. The molecule has 3 aliphatic heterocycles. The van der Waals surface area contributed by atoms with Gasteiger partial charge >= 0.3 is 6.03 Å². The number of fused-ring (bicyclic) bond motifs is 1. The minimum Gasteiger partial charge on any atom is -0.487 e. The molecule has 8 heteroatoms. The molecule has 2 aromatic rings. The summed E-state index contributed by atoms with van der Waals surface area (Å²) < 4.78 is 6.23. The number of benzene rings is 2. The Kier molecular flexibility index (Phi) is 9.88. The number of nitrogens with zero attached hydrogens (tertiary/aromatic N) is 2. The molecule has 0 unspecified atom stereocenters. The van der Waals surface area contributed by atoms with Gasteiger partial charge in [-0.2, -0.15) is 0 Å². The highest BCUT2D eigenvalue weighted by Crippen LogP contribution is 2.39. The van der Waals surface area contributed by atoms with Crippen LogP contribution in [-0.4, -0.2) is 65.8 Å². The van der Waals surface area contributed by atoms with Crippen LogP contribution in [0.4, 0.5) is 4.79 Å². The Balaban J connectivity index is 1.17. The van der Waals surface area contributed by atoms with Gasteiger partial charge in [-0.3, -0.25) is 0 Å². The van der Waals surface area contributed by atoms with Crippen molar-refractivity contribution in [2.45, 2.75) is 83.0 Å². The number of carbonyl (C=O) groups is 1. The van der Waals surface area contributed by atoms with Gasteiger partial charge in [0.15, 0.2) is 0 Å². The molecular formula is C37H47ClN4O3. The van der Waals surface area contributed by atoms with E-state index in [1.165, 1.54) is 19.3 Å². The van der Waals surface area contributed by atoms with Crippen molar-refractivity contribution in [3.05, 3.63) is 93.7 Å². The number of likely N-dealkylation sites (tertiary alicyclic amines) is 1. The summed E-state index contributed by atoms with van der Waals surface area (Å²) in [6.45, 7) is 8.21. The number of amides is 2. The molecule has 2 fully saturated rings. The van der Waals surface area contributed by atoms with Crippen molar-refractivity contribution in [2.75, 3.05) is 32.8 Å². The van der Waals surface area contributed by atoms with Crippen molar-refractivity contribution in [3.8, 4) is 5.75 Å². The Labute approximate surface area is 273 Å². The molecule has 3 heterocycles. The first kappa shape index (κ1) is 31.7. The van der Waals surface area contributed by atoms with E-state index in [-0.39, 0.29) is 18.1 Å². The van der Waals surface area contributed by atoms with Crippen molar-refractivity contribution >= 4 is 23.2 Å². The molecule has 1 atom stereocenters. The summed E-state index contributed by atoms with van der Waals surface area (Å²) in [4.78, 5) is 18.2. The number of halogens is 1. The topological polar surface area (TPSA) is 77.1 Å². The zero-order chi connectivity index (χ0) is 31.4. The molecule has 4 aliphatic rings. The lowest BCUT2D eigenvalue weighted by atomic mass is 9.89. The molecule has 1 saturated carbocycles. The van der Waals surface area contributed by atoms with Gasteiger partial charge in [0.2, 0.25) is 0 Å². The van der Waals surface area contributed by atoms with Crippen LogP contribution < -0.4 is 15.4 Å². The summed E-state index contributed by atoms with van der Waals surface area (Å²) >= 11 is 6.16. The van der Waals surface area contributed by atoms with Gasteiger partial charge < -0.3 is 30.3 Å². The monoisotopic (exact) mass is 630 g/mol. The molecule has 0 spiro atoms. The zero-order valence-corrected chi connectivity index (χ0v) is 27.4. The van der Waals surface area contributed by atoms with Crippen LogP contribution in [0.1, 0.15) is 75.5 Å². The summed E-state index contributed by atoms with van der Waals surface area (Å²) in [7, 11) is 0. The van der Waals surface area contributed by atoms with Gasteiger partial charge in [-0.15, -0.1) is 0 Å². The molecule has 45 heavy (non-hydrogen) atoms. The molecule has 2 aromatic carbocycles. The van der Waals surface area contributed by atoms with Crippen LogP contribution in [-0.2, 0) is 12.1 Å². The molecule has 0 bridgehead atoms. The third kappa shape index (κ3) is 7.76. The highest BCUT2D eigenvalue weighted by molar-refractivity contribution is 6.30. The largest absolute Gasteiger partial charge is 0.487 e. The van der Waals surface area contributed by atoms with Crippen molar-refractivity contribution in [2.24, 2.45) is 0 Å². The van der Waals surface area contributed by atoms with Crippen LogP contribution in [0.5, 0.6) is 5.75 Å². The van der Waals surface area contributed by atoms with E-state index in [0.717, 1.165) is 91.1 Å². The van der Waals surface area contributed by atoms with Gasteiger partial charge in [0.1, 0.15) is 12.4 Å². The number of dihydropyridines is 1. The van der Waals surface area contributed by atoms with Gasteiger partial charge in [0, 0.05) is 61.0 Å². The van der Waals surface area contributed by atoms with E-state index < -0.39 is 5.60 Å². The van der Waals surface area contributed by atoms with Crippen LogP contribution in [0.15, 0.2) is 72.0 Å². The number of carbonyl (C=O) groups excluding carboxylic acids is 1. The minimum atomic E-state index is -0.948. The van der Waals surface area contributed by atoms with Gasteiger partial charge in [-0.25, -0.2) is 4.79 Å². The number of hydrogen-bond acceptors (Lipinski definition) is 5. The first-order valence-electron chi connectivity index (χ1n) is 16.6. The number of aliphatic hydroxyl groups is 1. The lowest BCUT2D eigenvalue weighted by molar-refractivity contribution is 0.0785. The predicted octanol–water partition coefficient (Wildman–Crippen LogP) is 6.77. The number of urea groups is 1. The van der Waals surface area contributed by atoms with E-state index >= 15 is 0 Å². The molecule has 240 valence electrons. The molecule has 6 rings (SSSR count). The first-order chi connectivity index (χ1) is 21.7. The zero-order valence-electron chi connectivity index (χ0n) is 26.7. The number of nitrogens with one attached hydrogen (secondary N) is 2. The van der Waals surface area contributed by atoms with Gasteiger partial charge in [-0.1, -0.05) is 67.3 Å². The van der Waals surface area contributed by atoms with Gasteiger partial charge in [-0.05, 0) is 80.5 Å². The van der Waals surface area contributed by atoms with Gasteiger partial charge in [0.25, 0.3) is 0 Å². The number of rotatable bonds is 8. The number of ether oxygens (including phenoxy) is 1. The van der Waals surface area contributed by atoms with E-state index in [2.05, 4.69) is 44.7 Å². The second-order valence-corrected chi connectivity index (χ2v) is 13.9. The maximum Gasteiger partial charge on any atom is 0.318 e. The van der Waals surface area contributed by atoms with E-state index in [1.54, 1.807) is 0 Å². The van der Waals surface area contributed by atoms with E-state index in [0.29, 0.717) is 18.2 Å². The number of allylic oxidation sites excluding steroid dienone is 3. The lowest BCUT2D eigenvalue weighted by Gasteiger charge is -2.32. The third-order valence-corrected chi connectivity index (χ3v) is 9.88. The maximum atomic E-state index is 13.7. The van der Waals surface area contributed by atoms with Crippen LogP contribution in [0.3, 0.4) is 0 Å². The summed E-state index contributed by atoms with van der Waals surface area (Å²) in [6, 6.07) is 14.3. The predicted molar refractivity (Wildman–Crippen MR) is 181 cm³/mol. The summed E-state index contributed by atoms with van der Waals surface area (Å²) in [5.41, 5.74) is 5.41. The minimum absolute atomic E-state index is 0.0551. The van der Waals surface area contributed by atoms with E-state index in [1.807, 2.05) is 50.2 Å². The van der Waals surface area contributed by atoms with Crippen molar-refractivity contribution in [3.63, 3.8) is 0 Å². The van der Waals surface area contributed by atoms with Crippen LogP contribution in [0, 0.1) is 0 Å². The quantitative estimate of drug-likeness (QED) is 0.300. The maximum absolute atomic E-state index is 13.7. The van der Waals surface area contributed by atoms with Crippen molar-refractivity contribution in [1.29, 1.82) is 0 Å². The Bertz CT molecular complexity index is 1450. The fraction of sp³-hybridized carbons (Fsp3) is 0.486. The van der Waals surface area contributed by atoms with E-state index in [4.69, 9.17) is 16.3 Å². The second kappa shape index (κ2) is 14.0. The fourth-order valence-corrected chi connectivity index (χ4v) is 7.14. The summed E-state index contributed by atoms with van der Waals surface area (Å²) in [5, 5.41) is 18.3. The highest BCUT2D eigenvalue weighted by atomic mass is 35.5. The molecule has 3 N–H and O–H groups in total. The molecule has 1 saturated heterocycles. The molecule has 0 aromatic heterocycles. The Morgan fingerprint density at radius 2 is 1.96 bits per heavy atom. The van der Waals surface area contributed by atoms with Crippen LogP contribution in [0.25, 0.3) is 5.57 Å². The Hall–Kier alpha value is -3.26. The van der Waals surface area contributed by atoms with Crippen LogP contribution >= 0.6 is 11.6 Å². The fourth-order valence-electron chi connectivity index (χ4n) is 7.02. The van der Waals surface area contributed by atoms with E-state index in [9.17, 15) is 9.90 Å². The van der Waals surface area contributed by atoms with Crippen molar-refractivity contribution in [1.82, 2.24) is 20.4 Å². The normalized spacial score (nSPS) is 21.5. The molecular weight excluding hydrogens is 584 g/mol. The Morgan fingerprint density at radius 1 is 1.16 bits per heavy atom. The first-order valence-corrected chi connectivity index (χ1v) is 17.0. The third-order valence-electron chi connectivity index (χ3n) is 9.62. The number of hydrogen-bond donors (Lipinski definition) is 3. The average molecular weight is 631 g/mol. The smallest absolute Gasteiger partial charge is 0.318 e. The molecule has 7 nitrogen and oxygen atoms in total. The molecule has 0 radical (unpaired) electrons. The molecule has 2 amide bonds.